The Hall–Kier alpha value is -1.62. The van der Waals surface area contributed by atoms with E-state index < -0.39 is 5.60 Å². The van der Waals surface area contributed by atoms with Gasteiger partial charge in [-0.1, -0.05) is 0 Å². The molecule has 2 N–H and O–H groups in total. The molecule has 0 unspecified atom stereocenters. The molecule has 0 spiro atoms. The van der Waals surface area contributed by atoms with Crippen LogP contribution in [0.15, 0.2) is 18.6 Å². The number of nitrogens with zero attached hydrogens (tertiary/aromatic N) is 3. The minimum atomic E-state index is -0.527. The van der Waals surface area contributed by atoms with Gasteiger partial charge in [-0.25, -0.2) is 9.97 Å². The standard InChI is InChI=1S/C12H16N4O/c1-12(17)3-6-16(7-4-12)11-9-2-5-13-10(9)14-8-15-11/h2,5,8,17H,3-4,6-7H2,1H3,(H,13,14,15). The van der Waals surface area contributed by atoms with E-state index in [0.29, 0.717) is 0 Å². The molecule has 17 heavy (non-hydrogen) atoms. The first-order chi connectivity index (χ1) is 8.16. The third kappa shape index (κ3) is 1.86. The molecule has 1 fully saturated rings. The second-order valence-corrected chi connectivity index (χ2v) is 4.92. The largest absolute Gasteiger partial charge is 0.390 e. The minimum absolute atomic E-state index is 0.527. The topological polar surface area (TPSA) is 65.0 Å². The number of hydrogen-bond donors (Lipinski definition) is 2. The molecular formula is C12H16N4O. The molecule has 0 aliphatic carbocycles. The van der Waals surface area contributed by atoms with E-state index in [-0.39, 0.29) is 0 Å². The number of piperidine rings is 1. The molecule has 2 aromatic rings. The summed E-state index contributed by atoms with van der Waals surface area (Å²) in [5, 5.41) is 11.0. The van der Waals surface area contributed by atoms with Crippen molar-refractivity contribution in [2.75, 3.05) is 18.0 Å². The van der Waals surface area contributed by atoms with Crippen LogP contribution in [0.1, 0.15) is 19.8 Å². The summed E-state index contributed by atoms with van der Waals surface area (Å²) in [6.07, 6.45) is 5.02. The Morgan fingerprint density at radius 2 is 2.12 bits per heavy atom. The second-order valence-electron chi connectivity index (χ2n) is 4.92. The molecular weight excluding hydrogens is 216 g/mol. The molecule has 0 amide bonds. The fourth-order valence-corrected chi connectivity index (χ4v) is 2.31. The molecule has 0 bridgehead atoms. The maximum atomic E-state index is 9.95. The third-order valence-corrected chi connectivity index (χ3v) is 3.47. The summed E-state index contributed by atoms with van der Waals surface area (Å²) in [4.78, 5) is 13.9. The van der Waals surface area contributed by atoms with E-state index >= 15 is 0 Å². The number of hydrogen-bond acceptors (Lipinski definition) is 4. The number of aromatic amines is 1. The summed E-state index contributed by atoms with van der Waals surface area (Å²) in [7, 11) is 0. The zero-order chi connectivity index (χ0) is 11.9. The van der Waals surface area contributed by atoms with Gasteiger partial charge in [0.05, 0.1) is 11.0 Å². The number of nitrogens with one attached hydrogen (secondary N) is 1. The van der Waals surface area contributed by atoms with Crippen LogP contribution in [-0.4, -0.2) is 38.7 Å². The molecule has 0 radical (unpaired) electrons. The SMILES string of the molecule is CC1(O)CCN(c2ncnc3[nH]ccc23)CC1. The molecule has 0 atom stereocenters. The lowest BCUT2D eigenvalue weighted by molar-refractivity contribution is 0.0350. The fourth-order valence-electron chi connectivity index (χ4n) is 2.31. The minimum Gasteiger partial charge on any atom is -0.390 e. The van der Waals surface area contributed by atoms with Crippen LogP contribution >= 0.6 is 0 Å². The van der Waals surface area contributed by atoms with Crippen LogP contribution in [0, 0.1) is 0 Å². The van der Waals surface area contributed by atoms with Gasteiger partial charge < -0.3 is 15.0 Å². The van der Waals surface area contributed by atoms with Gasteiger partial charge in [-0.15, -0.1) is 0 Å². The maximum Gasteiger partial charge on any atom is 0.142 e. The number of rotatable bonds is 1. The zero-order valence-electron chi connectivity index (χ0n) is 9.85. The predicted molar refractivity (Wildman–Crippen MR) is 66.0 cm³/mol. The summed E-state index contributed by atoms with van der Waals surface area (Å²) in [5.74, 6) is 0.965. The fraction of sp³-hybridized carbons (Fsp3) is 0.500. The number of aromatic nitrogens is 3. The Bertz CT molecular complexity index is 524. The molecule has 3 rings (SSSR count). The molecule has 3 heterocycles. The monoisotopic (exact) mass is 232 g/mol. The van der Waals surface area contributed by atoms with E-state index in [1.54, 1.807) is 6.33 Å². The predicted octanol–water partition coefficient (Wildman–Crippen LogP) is 1.31. The molecule has 1 aliphatic rings. The highest BCUT2D eigenvalue weighted by atomic mass is 16.3. The summed E-state index contributed by atoms with van der Waals surface area (Å²) in [6.45, 7) is 3.57. The quantitative estimate of drug-likeness (QED) is 0.778. The molecule has 90 valence electrons. The van der Waals surface area contributed by atoms with Gasteiger partial charge in [0.25, 0.3) is 0 Å². The van der Waals surface area contributed by atoms with Crippen molar-refractivity contribution in [1.82, 2.24) is 15.0 Å². The van der Waals surface area contributed by atoms with E-state index in [0.717, 1.165) is 42.8 Å². The van der Waals surface area contributed by atoms with Gasteiger partial charge in [-0.3, -0.25) is 0 Å². The van der Waals surface area contributed by atoms with Gasteiger partial charge in [-0.05, 0) is 25.8 Å². The summed E-state index contributed by atoms with van der Waals surface area (Å²) in [5.41, 5.74) is 0.341. The Morgan fingerprint density at radius 1 is 1.35 bits per heavy atom. The van der Waals surface area contributed by atoms with E-state index in [4.69, 9.17) is 0 Å². The molecule has 1 saturated heterocycles. The highest BCUT2D eigenvalue weighted by Crippen LogP contribution is 2.28. The van der Waals surface area contributed by atoms with Gasteiger partial charge in [0.15, 0.2) is 0 Å². The average Bonchev–Trinajstić information content (AvgIpc) is 2.77. The lowest BCUT2D eigenvalue weighted by Gasteiger charge is -2.36. The zero-order valence-corrected chi connectivity index (χ0v) is 9.85. The highest BCUT2D eigenvalue weighted by molar-refractivity contribution is 5.87. The van der Waals surface area contributed by atoms with Crippen LogP contribution in [0.3, 0.4) is 0 Å². The van der Waals surface area contributed by atoms with Crippen molar-refractivity contribution in [2.24, 2.45) is 0 Å². The van der Waals surface area contributed by atoms with Crippen molar-refractivity contribution in [3.8, 4) is 0 Å². The van der Waals surface area contributed by atoms with Crippen LogP contribution in [0.4, 0.5) is 5.82 Å². The van der Waals surface area contributed by atoms with Crippen LogP contribution in [-0.2, 0) is 0 Å². The molecule has 0 saturated carbocycles. The lowest BCUT2D eigenvalue weighted by Crippen LogP contribution is -2.42. The first-order valence-electron chi connectivity index (χ1n) is 5.91. The summed E-state index contributed by atoms with van der Waals surface area (Å²) >= 11 is 0. The van der Waals surface area contributed by atoms with Crippen LogP contribution in [0.5, 0.6) is 0 Å². The molecule has 0 aromatic carbocycles. The van der Waals surface area contributed by atoms with Crippen LogP contribution < -0.4 is 4.90 Å². The Balaban J connectivity index is 1.92. The number of aliphatic hydroxyl groups is 1. The lowest BCUT2D eigenvalue weighted by atomic mass is 9.94. The second kappa shape index (κ2) is 3.70. The van der Waals surface area contributed by atoms with E-state index in [2.05, 4.69) is 19.9 Å². The van der Waals surface area contributed by atoms with E-state index in [1.807, 2.05) is 19.2 Å². The van der Waals surface area contributed by atoms with Crippen molar-refractivity contribution >= 4 is 16.9 Å². The van der Waals surface area contributed by atoms with Crippen molar-refractivity contribution in [3.63, 3.8) is 0 Å². The molecule has 2 aromatic heterocycles. The first kappa shape index (κ1) is 10.5. The highest BCUT2D eigenvalue weighted by Gasteiger charge is 2.28. The van der Waals surface area contributed by atoms with Crippen molar-refractivity contribution in [2.45, 2.75) is 25.4 Å². The summed E-state index contributed by atoms with van der Waals surface area (Å²) < 4.78 is 0. The van der Waals surface area contributed by atoms with E-state index in [9.17, 15) is 5.11 Å². The third-order valence-electron chi connectivity index (χ3n) is 3.47. The van der Waals surface area contributed by atoms with Crippen LogP contribution in [0.25, 0.3) is 11.0 Å². The number of anilines is 1. The Labute approximate surface area is 99.5 Å². The molecule has 5 nitrogen and oxygen atoms in total. The maximum absolute atomic E-state index is 9.95. The van der Waals surface area contributed by atoms with Gasteiger partial charge >= 0.3 is 0 Å². The van der Waals surface area contributed by atoms with Gasteiger partial charge in [-0.2, -0.15) is 0 Å². The number of fused-ring (bicyclic) bond motifs is 1. The smallest absolute Gasteiger partial charge is 0.142 e. The van der Waals surface area contributed by atoms with Crippen molar-refractivity contribution in [1.29, 1.82) is 0 Å². The van der Waals surface area contributed by atoms with Crippen molar-refractivity contribution < 1.29 is 5.11 Å². The Morgan fingerprint density at radius 3 is 2.88 bits per heavy atom. The van der Waals surface area contributed by atoms with Gasteiger partial charge in [0.1, 0.15) is 17.8 Å². The summed E-state index contributed by atoms with van der Waals surface area (Å²) in [6, 6.07) is 2.00. The van der Waals surface area contributed by atoms with Gasteiger partial charge in [0, 0.05) is 19.3 Å². The molecule has 1 aliphatic heterocycles. The van der Waals surface area contributed by atoms with Crippen molar-refractivity contribution in [3.05, 3.63) is 18.6 Å². The number of H-pyrrole nitrogens is 1. The van der Waals surface area contributed by atoms with Gasteiger partial charge in [0.2, 0.25) is 0 Å². The first-order valence-corrected chi connectivity index (χ1v) is 5.91. The normalized spacial score (nSPS) is 19.8. The Kier molecular flexibility index (Phi) is 2.29. The molecule has 5 heteroatoms. The van der Waals surface area contributed by atoms with E-state index in [1.165, 1.54) is 0 Å². The average molecular weight is 232 g/mol. The van der Waals surface area contributed by atoms with Crippen LogP contribution in [0.2, 0.25) is 0 Å².